The second-order valence-electron chi connectivity index (χ2n) is 3.69. The van der Waals surface area contributed by atoms with E-state index in [0.29, 0.717) is 0 Å². The van der Waals surface area contributed by atoms with Crippen molar-refractivity contribution >= 4 is 11.0 Å². The van der Waals surface area contributed by atoms with E-state index in [2.05, 4.69) is 11.2 Å². The van der Waals surface area contributed by atoms with E-state index in [-0.39, 0.29) is 32.7 Å². The number of fused-ring (bicyclic) bond motifs is 1. The Labute approximate surface area is 114 Å². The Bertz CT molecular complexity index is 517. The van der Waals surface area contributed by atoms with Gasteiger partial charge in [0.05, 0.1) is 0 Å². The Morgan fingerprint density at radius 3 is 2.33 bits per heavy atom. The molecule has 0 spiro atoms. The van der Waals surface area contributed by atoms with Crippen LogP contribution in [0.25, 0.3) is 11.0 Å². The summed E-state index contributed by atoms with van der Waals surface area (Å²) < 4.78 is 1.04. The maximum Gasteiger partial charge on any atom is 0.0240 e. The molecule has 0 saturated carbocycles. The van der Waals surface area contributed by atoms with Gasteiger partial charge in [0.1, 0.15) is 0 Å². The van der Waals surface area contributed by atoms with Crippen LogP contribution in [-0.4, -0.2) is 14.9 Å². The Hall–Kier alpha value is -0.406. The molecule has 2 aromatic heterocycles. The van der Waals surface area contributed by atoms with Crippen LogP contribution in [0.2, 0.25) is 0 Å². The van der Waals surface area contributed by atoms with Crippen LogP contribution in [0, 0.1) is 33.9 Å². The van der Waals surface area contributed by atoms with Crippen LogP contribution < -0.4 is 0 Å². The zero-order chi connectivity index (χ0) is 10.5. The maximum absolute atomic E-state index is 9.61. The van der Waals surface area contributed by atoms with E-state index in [9.17, 15) is 5.21 Å². The second-order valence-corrected chi connectivity index (χ2v) is 3.69. The molecule has 1 radical (unpaired) electrons. The minimum Gasteiger partial charge on any atom is -0.453 e. The minimum absolute atomic E-state index is 0. The summed E-state index contributed by atoms with van der Waals surface area (Å²) in [6.45, 7) is 7.89. The number of hydrogen-bond acceptors (Lipinski definition) is 2. The summed E-state index contributed by atoms with van der Waals surface area (Å²) in [6.07, 6.45) is 2.82. The Morgan fingerprint density at radius 1 is 1.13 bits per heavy atom. The van der Waals surface area contributed by atoms with Crippen molar-refractivity contribution in [1.82, 2.24) is 9.71 Å². The summed E-state index contributed by atoms with van der Waals surface area (Å²) >= 11 is 0. The van der Waals surface area contributed by atoms with Gasteiger partial charge in [0.2, 0.25) is 0 Å². The third-order valence-electron chi connectivity index (χ3n) is 2.80. The third kappa shape index (κ3) is 1.83. The zero-order valence-electron chi connectivity index (χ0n) is 9.42. The molecule has 2 rings (SSSR count). The van der Waals surface area contributed by atoms with Gasteiger partial charge in [0.15, 0.2) is 0 Å². The third-order valence-corrected chi connectivity index (χ3v) is 2.80. The first-order chi connectivity index (χ1) is 6.52. The first-order valence-corrected chi connectivity index (χ1v) is 4.59. The molecule has 0 saturated heterocycles. The van der Waals surface area contributed by atoms with Crippen LogP contribution in [-0.2, 0) is 32.7 Å². The zero-order valence-corrected chi connectivity index (χ0v) is 12.3. The summed E-state index contributed by atoms with van der Waals surface area (Å²) in [7, 11) is 0. The minimum atomic E-state index is 0. The standard InChI is InChI=1S/C11H13N2O.Y/c1-6-5-13(14)11-8(3)7(2)9(4)12-10(6)11;/h14H,1-4H3;/q-1;. The second kappa shape index (κ2) is 4.22. The monoisotopic (exact) mass is 278 g/mol. The van der Waals surface area contributed by atoms with Gasteiger partial charge < -0.3 is 14.9 Å². The van der Waals surface area contributed by atoms with Crippen LogP contribution >= 0.6 is 0 Å². The van der Waals surface area contributed by atoms with Gasteiger partial charge in [-0.15, -0.1) is 5.56 Å². The predicted molar refractivity (Wildman–Crippen MR) is 54.7 cm³/mol. The van der Waals surface area contributed by atoms with Gasteiger partial charge in [0.25, 0.3) is 0 Å². The van der Waals surface area contributed by atoms with Crippen molar-refractivity contribution in [3.63, 3.8) is 0 Å². The molecule has 1 N–H and O–H groups in total. The first-order valence-electron chi connectivity index (χ1n) is 4.59. The molecule has 0 amide bonds. The molecule has 0 atom stereocenters. The molecular weight excluding hydrogens is 265 g/mol. The van der Waals surface area contributed by atoms with Crippen LogP contribution in [0.4, 0.5) is 0 Å². The molecule has 0 aliphatic rings. The van der Waals surface area contributed by atoms with Crippen molar-refractivity contribution in [3.05, 3.63) is 28.6 Å². The fourth-order valence-electron chi connectivity index (χ4n) is 1.72. The summed E-state index contributed by atoms with van der Waals surface area (Å²) in [6, 6.07) is 0. The van der Waals surface area contributed by atoms with Crippen molar-refractivity contribution in [1.29, 1.82) is 0 Å². The fraction of sp³-hybridized carbons (Fsp3) is 0.364. The van der Waals surface area contributed by atoms with Gasteiger partial charge in [-0.25, -0.2) is 0 Å². The molecule has 15 heavy (non-hydrogen) atoms. The number of rotatable bonds is 0. The molecule has 0 fully saturated rings. The van der Waals surface area contributed by atoms with Gasteiger partial charge in [-0.1, -0.05) is 24.2 Å². The SMILES string of the molecule is Cc1nc2c(C)[c-]n(O)c2c(C)c1C.[Y]. The first kappa shape index (κ1) is 12.7. The van der Waals surface area contributed by atoms with E-state index >= 15 is 0 Å². The number of aryl methyl sites for hydroxylation is 3. The molecule has 0 aliphatic heterocycles. The van der Waals surface area contributed by atoms with Crippen molar-refractivity contribution in [2.45, 2.75) is 27.7 Å². The summed E-state index contributed by atoms with van der Waals surface area (Å²) in [5.74, 6) is 0. The van der Waals surface area contributed by atoms with Crippen LogP contribution in [0.3, 0.4) is 0 Å². The summed E-state index contributed by atoms with van der Waals surface area (Å²) in [5.41, 5.74) is 5.70. The van der Waals surface area contributed by atoms with E-state index in [1.54, 1.807) is 0 Å². The molecule has 0 bridgehead atoms. The van der Waals surface area contributed by atoms with Gasteiger partial charge in [-0.2, -0.15) is 0 Å². The van der Waals surface area contributed by atoms with E-state index in [1.165, 1.54) is 0 Å². The van der Waals surface area contributed by atoms with Crippen molar-refractivity contribution in [3.8, 4) is 0 Å². The average Bonchev–Trinajstić information content (AvgIpc) is 2.38. The molecular formula is C11H13N2OY-. The fourth-order valence-corrected chi connectivity index (χ4v) is 1.72. The quantitative estimate of drug-likeness (QED) is 0.593. The van der Waals surface area contributed by atoms with E-state index < -0.39 is 0 Å². The molecule has 0 aromatic carbocycles. The Kier molecular flexibility index (Phi) is 3.57. The van der Waals surface area contributed by atoms with Gasteiger partial charge in [-0.05, 0) is 31.9 Å². The summed E-state index contributed by atoms with van der Waals surface area (Å²) in [5, 5.41) is 9.61. The smallest absolute Gasteiger partial charge is 0.0240 e. The van der Waals surface area contributed by atoms with Crippen LogP contribution in [0.1, 0.15) is 22.4 Å². The van der Waals surface area contributed by atoms with E-state index in [4.69, 9.17) is 0 Å². The van der Waals surface area contributed by atoms with E-state index in [1.807, 2.05) is 27.7 Å². The number of nitrogens with zero attached hydrogens (tertiary/aromatic N) is 2. The van der Waals surface area contributed by atoms with Crippen molar-refractivity contribution in [2.75, 3.05) is 0 Å². The molecule has 0 aliphatic carbocycles. The van der Waals surface area contributed by atoms with Gasteiger partial charge >= 0.3 is 0 Å². The number of pyridine rings is 1. The molecule has 0 unspecified atom stereocenters. The van der Waals surface area contributed by atoms with E-state index in [0.717, 1.165) is 38.1 Å². The van der Waals surface area contributed by atoms with Gasteiger partial charge in [0, 0.05) is 38.4 Å². The average molecular weight is 278 g/mol. The molecule has 2 aromatic rings. The molecule has 3 nitrogen and oxygen atoms in total. The van der Waals surface area contributed by atoms with Crippen LogP contribution in [0.5, 0.6) is 0 Å². The van der Waals surface area contributed by atoms with Crippen molar-refractivity contribution in [2.24, 2.45) is 0 Å². The van der Waals surface area contributed by atoms with Crippen molar-refractivity contribution < 1.29 is 37.9 Å². The number of aromatic nitrogens is 2. The van der Waals surface area contributed by atoms with Gasteiger partial charge in [-0.3, -0.25) is 0 Å². The summed E-state index contributed by atoms with van der Waals surface area (Å²) in [4.78, 5) is 4.44. The van der Waals surface area contributed by atoms with Crippen LogP contribution in [0.15, 0.2) is 0 Å². The molecule has 77 valence electrons. The Balaban J connectivity index is 0.00000112. The Morgan fingerprint density at radius 2 is 1.73 bits per heavy atom. The molecule has 4 heteroatoms. The normalized spacial score (nSPS) is 10.4. The largest absolute Gasteiger partial charge is 0.453 e. The maximum atomic E-state index is 9.61. The topological polar surface area (TPSA) is 38.0 Å². The molecule has 2 heterocycles. The predicted octanol–water partition coefficient (Wildman–Crippen LogP) is 2.30. The number of hydrogen-bond donors (Lipinski definition) is 1.